The first-order chi connectivity index (χ1) is 10.2. The molecule has 0 fully saturated rings. The molecule has 0 amide bonds. The van der Waals surface area contributed by atoms with E-state index in [0.29, 0.717) is 5.75 Å². The van der Waals surface area contributed by atoms with Crippen LogP contribution in [0.15, 0.2) is 54.6 Å². The minimum atomic E-state index is -0.278. The van der Waals surface area contributed by atoms with E-state index in [-0.39, 0.29) is 23.7 Å². The van der Waals surface area contributed by atoms with Gasteiger partial charge in [-0.05, 0) is 23.8 Å². The van der Waals surface area contributed by atoms with Gasteiger partial charge in [0, 0.05) is 6.07 Å². The molecule has 0 bridgehead atoms. The molecule has 3 nitrogen and oxygen atoms in total. The number of ketones is 1. The van der Waals surface area contributed by atoms with E-state index < -0.39 is 0 Å². The summed E-state index contributed by atoms with van der Waals surface area (Å²) >= 11 is 0. The fraction of sp³-hybridized carbons (Fsp3) is 0.0556. The summed E-state index contributed by atoms with van der Waals surface area (Å²) in [5, 5.41) is 9.87. The Labute approximate surface area is 123 Å². The van der Waals surface area contributed by atoms with Crippen LogP contribution in [0.4, 0.5) is 0 Å². The van der Waals surface area contributed by atoms with Crippen LogP contribution in [-0.4, -0.2) is 17.5 Å². The highest BCUT2D eigenvalue weighted by molar-refractivity contribution is 6.08. The zero-order valence-electron chi connectivity index (χ0n) is 11.3. The highest BCUT2D eigenvalue weighted by Gasteiger charge is 2.09. The third kappa shape index (κ3) is 3.99. The van der Waals surface area contributed by atoms with Crippen LogP contribution in [0.2, 0.25) is 0 Å². The highest BCUT2D eigenvalue weighted by atomic mass is 16.5. The normalized spacial score (nSPS) is 10.2. The molecule has 1 N–H and O–H groups in total. The zero-order chi connectivity index (χ0) is 15.1. The van der Waals surface area contributed by atoms with Crippen molar-refractivity contribution in [3.63, 3.8) is 0 Å². The number of carbonyl (C=O) groups excluding carboxylic acids is 1. The molecule has 0 spiro atoms. The summed E-state index contributed by atoms with van der Waals surface area (Å²) in [5.41, 5.74) is 1.13. The number of terminal acetylenes is 1. The zero-order valence-corrected chi connectivity index (χ0v) is 11.3. The minimum absolute atomic E-state index is 0.112. The standard InChI is InChI=1S/C18H14O3/c1-2-12-21-15-9-10-16(18(20)13-15)17(19)11-8-14-6-4-3-5-7-14/h1,3-11,13,20H,12H2/b11-8+. The monoisotopic (exact) mass is 278 g/mol. The third-order valence-electron chi connectivity index (χ3n) is 2.78. The molecule has 2 aromatic carbocycles. The summed E-state index contributed by atoms with van der Waals surface area (Å²) in [5.74, 6) is 2.34. The number of allylic oxidation sites excluding steroid dienone is 1. The van der Waals surface area contributed by atoms with Gasteiger partial charge in [0.15, 0.2) is 5.78 Å². The number of carbonyl (C=O) groups is 1. The van der Waals surface area contributed by atoms with Gasteiger partial charge in [0.25, 0.3) is 0 Å². The van der Waals surface area contributed by atoms with Crippen molar-refractivity contribution in [2.24, 2.45) is 0 Å². The SMILES string of the molecule is C#CCOc1ccc(C(=O)/C=C/c2ccccc2)c(O)c1. The maximum atomic E-state index is 12.0. The van der Waals surface area contributed by atoms with Crippen LogP contribution < -0.4 is 4.74 Å². The van der Waals surface area contributed by atoms with Crippen LogP contribution in [0.3, 0.4) is 0 Å². The fourth-order valence-electron chi connectivity index (χ4n) is 1.76. The first-order valence-electron chi connectivity index (χ1n) is 6.37. The molecular formula is C18H14O3. The Balaban J connectivity index is 2.13. The van der Waals surface area contributed by atoms with Gasteiger partial charge in [0.1, 0.15) is 18.1 Å². The number of rotatable bonds is 5. The molecule has 0 heterocycles. The molecule has 2 rings (SSSR count). The summed E-state index contributed by atoms with van der Waals surface area (Å²) in [6, 6.07) is 13.9. The van der Waals surface area contributed by atoms with E-state index >= 15 is 0 Å². The van der Waals surface area contributed by atoms with Crippen molar-refractivity contribution in [3.05, 3.63) is 65.7 Å². The largest absolute Gasteiger partial charge is 0.507 e. The molecule has 21 heavy (non-hydrogen) atoms. The van der Waals surface area contributed by atoms with E-state index in [1.54, 1.807) is 12.1 Å². The van der Waals surface area contributed by atoms with Crippen molar-refractivity contribution in [1.82, 2.24) is 0 Å². The van der Waals surface area contributed by atoms with Crippen LogP contribution in [-0.2, 0) is 0 Å². The highest BCUT2D eigenvalue weighted by Crippen LogP contribution is 2.24. The molecule has 2 aromatic rings. The van der Waals surface area contributed by atoms with E-state index in [1.165, 1.54) is 18.2 Å². The van der Waals surface area contributed by atoms with Gasteiger partial charge in [0.2, 0.25) is 0 Å². The van der Waals surface area contributed by atoms with E-state index in [4.69, 9.17) is 11.2 Å². The van der Waals surface area contributed by atoms with Crippen LogP contribution in [0.5, 0.6) is 11.5 Å². The second-order valence-electron chi connectivity index (χ2n) is 4.28. The van der Waals surface area contributed by atoms with Gasteiger partial charge in [-0.2, -0.15) is 0 Å². The lowest BCUT2D eigenvalue weighted by Gasteiger charge is -2.05. The van der Waals surface area contributed by atoms with Crippen molar-refractivity contribution < 1.29 is 14.6 Å². The Bertz CT molecular complexity index is 694. The first-order valence-corrected chi connectivity index (χ1v) is 6.37. The molecule has 0 aromatic heterocycles. The van der Waals surface area contributed by atoms with E-state index in [9.17, 15) is 9.90 Å². The molecule has 0 saturated heterocycles. The lowest BCUT2D eigenvalue weighted by molar-refractivity contribution is 0.104. The summed E-state index contributed by atoms with van der Waals surface area (Å²) in [4.78, 5) is 12.0. The second-order valence-corrected chi connectivity index (χ2v) is 4.28. The number of phenolic OH excluding ortho intramolecular Hbond substituents is 1. The molecule has 0 unspecified atom stereocenters. The van der Waals surface area contributed by atoms with Crippen molar-refractivity contribution in [2.45, 2.75) is 0 Å². The van der Waals surface area contributed by atoms with Gasteiger partial charge in [-0.15, -0.1) is 6.42 Å². The number of phenols is 1. The molecule has 0 atom stereocenters. The van der Waals surface area contributed by atoms with Gasteiger partial charge in [-0.25, -0.2) is 0 Å². The lowest BCUT2D eigenvalue weighted by Crippen LogP contribution is -1.97. The Kier molecular flexibility index (Phi) is 4.79. The molecule has 0 aliphatic rings. The van der Waals surface area contributed by atoms with Crippen molar-refractivity contribution in [2.75, 3.05) is 6.61 Å². The Hall–Kier alpha value is -2.99. The number of hydrogen-bond acceptors (Lipinski definition) is 3. The first kappa shape index (κ1) is 14.4. The van der Waals surface area contributed by atoms with Crippen LogP contribution in [0, 0.1) is 12.3 Å². The number of benzene rings is 2. The van der Waals surface area contributed by atoms with Crippen LogP contribution in [0.1, 0.15) is 15.9 Å². The average Bonchev–Trinajstić information content (AvgIpc) is 2.51. The third-order valence-corrected chi connectivity index (χ3v) is 2.78. The lowest BCUT2D eigenvalue weighted by atomic mass is 10.1. The summed E-state index contributed by atoms with van der Waals surface area (Å²) in [6.07, 6.45) is 8.21. The summed E-state index contributed by atoms with van der Waals surface area (Å²) in [7, 11) is 0. The average molecular weight is 278 g/mol. The maximum Gasteiger partial charge on any atom is 0.189 e. The van der Waals surface area contributed by atoms with E-state index in [2.05, 4.69) is 5.92 Å². The maximum absolute atomic E-state index is 12.0. The van der Waals surface area contributed by atoms with Crippen molar-refractivity contribution >= 4 is 11.9 Å². The van der Waals surface area contributed by atoms with Crippen molar-refractivity contribution in [1.29, 1.82) is 0 Å². The van der Waals surface area contributed by atoms with Gasteiger partial charge in [-0.1, -0.05) is 42.3 Å². The smallest absolute Gasteiger partial charge is 0.189 e. The predicted molar refractivity (Wildman–Crippen MR) is 82.2 cm³/mol. The van der Waals surface area contributed by atoms with Gasteiger partial charge in [-0.3, -0.25) is 4.79 Å². The van der Waals surface area contributed by atoms with Crippen molar-refractivity contribution in [3.8, 4) is 23.8 Å². The van der Waals surface area contributed by atoms with Crippen LogP contribution >= 0.6 is 0 Å². The van der Waals surface area contributed by atoms with Gasteiger partial charge < -0.3 is 9.84 Å². The molecule has 3 heteroatoms. The van der Waals surface area contributed by atoms with Crippen LogP contribution in [0.25, 0.3) is 6.08 Å². The van der Waals surface area contributed by atoms with E-state index in [1.807, 2.05) is 30.3 Å². The molecule has 104 valence electrons. The second kappa shape index (κ2) is 6.97. The molecule has 0 saturated carbocycles. The minimum Gasteiger partial charge on any atom is -0.507 e. The number of aromatic hydroxyl groups is 1. The fourth-order valence-corrected chi connectivity index (χ4v) is 1.76. The number of ether oxygens (including phenoxy) is 1. The molecular weight excluding hydrogens is 264 g/mol. The topological polar surface area (TPSA) is 46.5 Å². The van der Waals surface area contributed by atoms with Gasteiger partial charge in [0.05, 0.1) is 5.56 Å². The molecule has 0 aliphatic carbocycles. The van der Waals surface area contributed by atoms with E-state index in [0.717, 1.165) is 5.56 Å². The number of hydrogen-bond donors (Lipinski definition) is 1. The predicted octanol–water partition coefficient (Wildman–Crippen LogP) is 3.30. The van der Waals surface area contributed by atoms with Gasteiger partial charge >= 0.3 is 0 Å². The quantitative estimate of drug-likeness (QED) is 0.518. The Morgan fingerprint density at radius 2 is 2.00 bits per heavy atom. The summed E-state index contributed by atoms with van der Waals surface area (Å²) in [6.45, 7) is 0.112. The Morgan fingerprint density at radius 1 is 1.24 bits per heavy atom. The molecule has 0 aliphatic heterocycles. The summed E-state index contributed by atoms with van der Waals surface area (Å²) < 4.78 is 5.17. The Morgan fingerprint density at radius 3 is 2.67 bits per heavy atom. The molecule has 0 radical (unpaired) electrons.